The average Bonchev–Trinajstić information content (AvgIpc) is 2.57. The van der Waals surface area contributed by atoms with Gasteiger partial charge < -0.3 is 19.7 Å². The van der Waals surface area contributed by atoms with Gasteiger partial charge in [-0.3, -0.25) is 4.99 Å². The SMILES string of the molecule is CCCCOCCOCCNC(=NC)N(C)Cc1ccccc1.I. The predicted octanol–water partition coefficient (Wildman–Crippen LogP) is 3.15. The van der Waals surface area contributed by atoms with E-state index in [4.69, 9.17) is 9.47 Å². The van der Waals surface area contributed by atoms with Gasteiger partial charge in [0.15, 0.2) is 5.96 Å². The summed E-state index contributed by atoms with van der Waals surface area (Å²) >= 11 is 0. The normalized spacial score (nSPS) is 11.0. The summed E-state index contributed by atoms with van der Waals surface area (Å²) in [5.41, 5.74) is 1.26. The Hall–Kier alpha value is -0.860. The van der Waals surface area contributed by atoms with E-state index in [1.807, 2.05) is 13.1 Å². The largest absolute Gasteiger partial charge is 0.379 e. The molecule has 0 unspecified atom stereocenters. The maximum atomic E-state index is 5.55. The Bertz CT molecular complexity index is 430. The second-order valence-corrected chi connectivity index (χ2v) is 5.39. The molecule has 0 saturated carbocycles. The Morgan fingerprint density at radius 2 is 1.75 bits per heavy atom. The minimum absolute atomic E-state index is 0. The van der Waals surface area contributed by atoms with Gasteiger partial charge in [0.05, 0.1) is 19.8 Å². The first-order chi connectivity index (χ1) is 11.3. The third-order valence-corrected chi connectivity index (χ3v) is 3.38. The molecule has 0 aliphatic carbocycles. The zero-order valence-electron chi connectivity index (χ0n) is 15.2. The molecule has 0 fully saturated rings. The molecular formula is C18H32IN3O2. The summed E-state index contributed by atoms with van der Waals surface area (Å²) in [6, 6.07) is 10.4. The molecular weight excluding hydrogens is 417 g/mol. The number of hydrogen-bond donors (Lipinski definition) is 1. The van der Waals surface area contributed by atoms with Crippen molar-refractivity contribution in [2.45, 2.75) is 26.3 Å². The fourth-order valence-corrected chi connectivity index (χ4v) is 2.12. The summed E-state index contributed by atoms with van der Waals surface area (Å²) in [6.45, 7) is 6.51. The smallest absolute Gasteiger partial charge is 0.193 e. The molecule has 1 aromatic rings. The first-order valence-corrected chi connectivity index (χ1v) is 8.39. The summed E-state index contributed by atoms with van der Waals surface area (Å²) in [7, 11) is 3.83. The van der Waals surface area contributed by atoms with Crippen molar-refractivity contribution < 1.29 is 9.47 Å². The standard InChI is InChI=1S/C18H31N3O2.HI/c1-4-5-12-22-14-15-23-13-11-20-18(19-2)21(3)16-17-9-7-6-8-10-17;/h6-10H,4-5,11-16H2,1-3H3,(H,19,20);1H. The molecule has 1 rings (SSSR count). The minimum atomic E-state index is 0. The highest BCUT2D eigenvalue weighted by molar-refractivity contribution is 14.0. The van der Waals surface area contributed by atoms with Gasteiger partial charge in [0, 0.05) is 33.8 Å². The van der Waals surface area contributed by atoms with Gasteiger partial charge in [-0.05, 0) is 12.0 Å². The van der Waals surface area contributed by atoms with Gasteiger partial charge in [-0.25, -0.2) is 0 Å². The van der Waals surface area contributed by atoms with Gasteiger partial charge in [-0.15, -0.1) is 24.0 Å². The van der Waals surface area contributed by atoms with Crippen LogP contribution in [0.2, 0.25) is 0 Å². The average molecular weight is 449 g/mol. The summed E-state index contributed by atoms with van der Waals surface area (Å²) in [4.78, 5) is 6.40. The van der Waals surface area contributed by atoms with E-state index in [0.29, 0.717) is 19.8 Å². The van der Waals surface area contributed by atoms with Crippen molar-refractivity contribution in [2.75, 3.05) is 47.1 Å². The zero-order valence-corrected chi connectivity index (χ0v) is 17.5. The third kappa shape index (κ3) is 10.8. The van der Waals surface area contributed by atoms with Crippen LogP contribution in [0.3, 0.4) is 0 Å². The van der Waals surface area contributed by atoms with Crippen LogP contribution in [-0.4, -0.2) is 57.9 Å². The number of hydrogen-bond acceptors (Lipinski definition) is 3. The molecule has 0 heterocycles. The monoisotopic (exact) mass is 449 g/mol. The van der Waals surface area contributed by atoms with Crippen molar-refractivity contribution in [1.82, 2.24) is 10.2 Å². The molecule has 138 valence electrons. The highest BCUT2D eigenvalue weighted by atomic mass is 127. The van der Waals surface area contributed by atoms with Gasteiger partial charge >= 0.3 is 0 Å². The Kier molecular flexibility index (Phi) is 15.1. The molecule has 6 heteroatoms. The van der Waals surface area contributed by atoms with E-state index < -0.39 is 0 Å². The first-order valence-electron chi connectivity index (χ1n) is 8.39. The highest BCUT2D eigenvalue weighted by Crippen LogP contribution is 2.02. The van der Waals surface area contributed by atoms with Crippen LogP contribution in [0.5, 0.6) is 0 Å². The first kappa shape index (κ1) is 23.1. The minimum Gasteiger partial charge on any atom is -0.379 e. The molecule has 24 heavy (non-hydrogen) atoms. The molecule has 1 aromatic carbocycles. The quantitative estimate of drug-likeness (QED) is 0.244. The van der Waals surface area contributed by atoms with Crippen LogP contribution >= 0.6 is 24.0 Å². The zero-order chi connectivity index (χ0) is 16.8. The van der Waals surface area contributed by atoms with E-state index in [-0.39, 0.29) is 24.0 Å². The second kappa shape index (κ2) is 15.7. The van der Waals surface area contributed by atoms with Crippen molar-refractivity contribution in [2.24, 2.45) is 4.99 Å². The molecule has 0 atom stereocenters. The van der Waals surface area contributed by atoms with Crippen molar-refractivity contribution in [3.8, 4) is 0 Å². The van der Waals surface area contributed by atoms with Crippen molar-refractivity contribution >= 4 is 29.9 Å². The Morgan fingerprint density at radius 3 is 2.38 bits per heavy atom. The third-order valence-electron chi connectivity index (χ3n) is 3.38. The molecule has 0 amide bonds. The molecule has 1 N–H and O–H groups in total. The molecule has 0 aliphatic rings. The fraction of sp³-hybridized carbons (Fsp3) is 0.611. The highest BCUT2D eigenvalue weighted by Gasteiger charge is 2.05. The topological polar surface area (TPSA) is 46.1 Å². The maximum absolute atomic E-state index is 5.55. The Morgan fingerprint density at radius 1 is 1.08 bits per heavy atom. The number of nitrogens with one attached hydrogen (secondary N) is 1. The molecule has 5 nitrogen and oxygen atoms in total. The summed E-state index contributed by atoms with van der Waals surface area (Å²) < 4.78 is 11.0. The lowest BCUT2D eigenvalue weighted by Gasteiger charge is -2.22. The number of benzene rings is 1. The van der Waals surface area contributed by atoms with E-state index in [9.17, 15) is 0 Å². The molecule has 0 bridgehead atoms. The number of guanidine groups is 1. The van der Waals surface area contributed by atoms with E-state index in [1.165, 1.54) is 12.0 Å². The fourth-order valence-electron chi connectivity index (χ4n) is 2.12. The van der Waals surface area contributed by atoms with Crippen molar-refractivity contribution in [1.29, 1.82) is 0 Å². The number of ether oxygens (including phenoxy) is 2. The van der Waals surface area contributed by atoms with Gasteiger partial charge in [0.2, 0.25) is 0 Å². The van der Waals surface area contributed by atoms with E-state index in [2.05, 4.69) is 46.4 Å². The van der Waals surface area contributed by atoms with E-state index in [1.54, 1.807) is 7.05 Å². The molecule has 0 saturated heterocycles. The lowest BCUT2D eigenvalue weighted by atomic mass is 10.2. The lowest BCUT2D eigenvalue weighted by Crippen LogP contribution is -2.40. The van der Waals surface area contributed by atoms with Crippen LogP contribution in [0, 0.1) is 0 Å². The van der Waals surface area contributed by atoms with Crippen molar-refractivity contribution in [3.05, 3.63) is 35.9 Å². The van der Waals surface area contributed by atoms with Crippen LogP contribution in [0.4, 0.5) is 0 Å². The summed E-state index contributed by atoms with van der Waals surface area (Å²) in [6.07, 6.45) is 2.28. The van der Waals surface area contributed by atoms with Crippen LogP contribution in [0.1, 0.15) is 25.3 Å². The van der Waals surface area contributed by atoms with Gasteiger partial charge in [0.1, 0.15) is 0 Å². The molecule has 0 aliphatic heterocycles. The number of halogens is 1. The van der Waals surface area contributed by atoms with Crippen molar-refractivity contribution in [3.63, 3.8) is 0 Å². The molecule has 0 spiro atoms. The summed E-state index contributed by atoms with van der Waals surface area (Å²) in [5, 5.41) is 3.31. The number of rotatable bonds is 11. The Balaban J connectivity index is 0.00000529. The van der Waals surface area contributed by atoms with Crippen LogP contribution in [-0.2, 0) is 16.0 Å². The van der Waals surface area contributed by atoms with Crippen LogP contribution in [0.15, 0.2) is 35.3 Å². The Labute approximate surface area is 163 Å². The lowest BCUT2D eigenvalue weighted by molar-refractivity contribution is 0.0486. The van der Waals surface area contributed by atoms with Crippen LogP contribution < -0.4 is 5.32 Å². The molecule has 0 radical (unpaired) electrons. The van der Waals surface area contributed by atoms with Gasteiger partial charge in [-0.1, -0.05) is 43.7 Å². The van der Waals surface area contributed by atoms with Crippen LogP contribution in [0.25, 0.3) is 0 Å². The molecule has 0 aromatic heterocycles. The number of aliphatic imine (C=N–C) groups is 1. The van der Waals surface area contributed by atoms with Gasteiger partial charge in [0.25, 0.3) is 0 Å². The predicted molar refractivity (Wildman–Crippen MR) is 111 cm³/mol. The van der Waals surface area contributed by atoms with E-state index >= 15 is 0 Å². The van der Waals surface area contributed by atoms with Gasteiger partial charge in [-0.2, -0.15) is 0 Å². The number of unbranched alkanes of at least 4 members (excludes halogenated alkanes) is 1. The van der Waals surface area contributed by atoms with E-state index in [0.717, 1.165) is 32.1 Å². The number of nitrogens with zero attached hydrogens (tertiary/aromatic N) is 2. The maximum Gasteiger partial charge on any atom is 0.193 e. The summed E-state index contributed by atoms with van der Waals surface area (Å²) in [5.74, 6) is 0.872. The second-order valence-electron chi connectivity index (χ2n) is 5.39.